The third-order valence-corrected chi connectivity index (χ3v) is 3.17. The molecule has 0 aliphatic rings. The van der Waals surface area contributed by atoms with Crippen molar-refractivity contribution in [1.82, 2.24) is 9.97 Å². The zero-order valence-electron chi connectivity index (χ0n) is 12.1. The van der Waals surface area contributed by atoms with Crippen LogP contribution < -0.4 is 11.1 Å². The van der Waals surface area contributed by atoms with Gasteiger partial charge in [0, 0.05) is 11.6 Å². The minimum Gasteiger partial charge on any atom is -0.383 e. The first kappa shape index (κ1) is 14.7. The zero-order chi connectivity index (χ0) is 13.5. The summed E-state index contributed by atoms with van der Waals surface area (Å²) in [6.45, 7) is 8.25. The van der Waals surface area contributed by atoms with E-state index in [4.69, 9.17) is 5.73 Å². The van der Waals surface area contributed by atoms with Crippen molar-refractivity contribution in [2.75, 3.05) is 11.1 Å². The lowest BCUT2D eigenvalue weighted by Crippen LogP contribution is -2.18. The molecule has 102 valence electrons. The van der Waals surface area contributed by atoms with Gasteiger partial charge in [0.2, 0.25) is 0 Å². The quantitative estimate of drug-likeness (QED) is 0.728. The van der Waals surface area contributed by atoms with E-state index in [-0.39, 0.29) is 0 Å². The van der Waals surface area contributed by atoms with Crippen LogP contribution in [0.1, 0.15) is 57.3 Å². The number of aromatic nitrogens is 2. The third-order valence-electron chi connectivity index (χ3n) is 3.17. The topological polar surface area (TPSA) is 63.8 Å². The maximum Gasteiger partial charge on any atom is 0.134 e. The number of anilines is 2. The van der Waals surface area contributed by atoms with Gasteiger partial charge in [-0.05, 0) is 27.2 Å². The first-order chi connectivity index (χ1) is 8.54. The molecular weight excluding hydrogens is 224 g/mol. The number of rotatable bonds is 7. The van der Waals surface area contributed by atoms with Crippen LogP contribution >= 0.6 is 0 Å². The Labute approximate surface area is 110 Å². The Morgan fingerprint density at radius 2 is 1.89 bits per heavy atom. The predicted molar refractivity (Wildman–Crippen MR) is 77.8 cm³/mol. The summed E-state index contributed by atoms with van der Waals surface area (Å²) in [7, 11) is 0. The molecule has 4 heteroatoms. The molecular formula is C14H26N4. The van der Waals surface area contributed by atoms with Gasteiger partial charge in [-0.2, -0.15) is 0 Å². The van der Waals surface area contributed by atoms with E-state index in [0.717, 1.165) is 17.2 Å². The average Bonchev–Trinajstić information content (AvgIpc) is 2.31. The van der Waals surface area contributed by atoms with Gasteiger partial charge in [0.05, 0.1) is 0 Å². The van der Waals surface area contributed by atoms with Crippen LogP contribution in [0.5, 0.6) is 0 Å². The zero-order valence-corrected chi connectivity index (χ0v) is 12.1. The van der Waals surface area contributed by atoms with Crippen molar-refractivity contribution in [2.45, 2.75) is 65.8 Å². The molecule has 0 aliphatic heterocycles. The summed E-state index contributed by atoms with van der Waals surface area (Å²) in [5, 5.41) is 3.44. The van der Waals surface area contributed by atoms with Crippen LogP contribution in [0, 0.1) is 13.8 Å². The van der Waals surface area contributed by atoms with E-state index >= 15 is 0 Å². The Hall–Kier alpha value is -1.32. The molecule has 1 rings (SSSR count). The van der Waals surface area contributed by atoms with Crippen molar-refractivity contribution in [1.29, 1.82) is 0 Å². The van der Waals surface area contributed by atoms with Crippen molar-refractivity contribution >= 4 is 11.6 Å². The fourth-order valence-corrected chi connectivity index (χ4v) is 1.97. The monoisotopic (exact) mass is 250 g/mol. The molecule has 0 spiro atoms. The largest absolute Gasteiger partial charge is 0.383 e. The van der Waals surface area contributed by atoms with E-state index < -0.39 is 0 Å². The Morgan fingerprint density at radius 1 is 1.17 bits per heavy atom. The van der Waals surface area contributed by atoms with E-state index in [1.807, 2.05) is 13.8 Å². The van der Waals surface area contributed by atoms with Crippen LogP contribution in [-0.2, 0) is 0 Å². The molecule has 0 aromatic carbocycles. The van der Waals surface area contributed by atoms with Crippen molar-refractivity contribution in [3.63, 3.8) is 0 Å². The minimum atomic E-state index is 0.425. The summed E-state index contributed by atoms with van der Waals surface area (Å²) in [4.78, 5) is 8.57. The summed E-state index contributed by atoms with van der Waals surface area (Å²) >= 11 is 0. The van der Waals surface area contributed by atoms with Gasteiger partial charge in [-0.25, -0.2) is 9.97 Å². The van der Waals surface area contributed by atoms with E-state index in [2.05, 4.69) is 29.1 Å². The number of unbranched alkanes of at least 4 members (excludes halogenated alkanes) is 3. The second-order valence-corrected chi connectivity index (χ2v) is 5.02. The lowest BCUT2D eigenvalue weighted by molar-refractivity contribution is 0.592. The highest BCUT2D eigenvalue weighted by Gasteiger charge is 2.09. The second-order valence-electron chi connectivity index (χ2n) is 5.02. The molecule has 0 saturated carbocycles. The standard InChI is InChI=1S/C14H26N4/c1-5-6-7-8-9-10(2)16-14-11(3)13(15)17-12(4)18-14/h10H,5-9H2,1-4H3,(H3,15,16,17,18). The average molecular weight is 250 g/mol. The maximum atomic E-state index is 5.85. The molecule has 0 amide bonds. The van der Waals surface area contributed by atoms with Crippen molar-refractivity contribution in [2.24, 2.45) is 0 Å². The van der Waals surface area contributed by atoms with Gasteiger partial charge in [0.15, 0.2) is 0 Å². The minimum absolute atomic E-state index is 0.425. The molecule has 0 saturated heterocycles. The van der Waals surface area contributed by atoms with Crippen LogP contribution in [0.15, 0.2) is 0 Å². The molecule has 4 nitrogen and oxygen atoms in total. The fraction of sp³-hybridized carbons (Fsp3) is 0.714. The van der Waals surface area contributed by atoms with E-state index in [0.29, 0.717) is 11.9 Å². The lowest BCUT2D eigenvalue weighted by Gasteiger charge is -2.17. The van der Waals surface area contributed by atoms with Crippen LogP contribution in [0.3, 0.4) is 0 Å². The molecule has 3 N–H and O–H groups in total. The number of nitrogen functional groups attached to an aromatic ring is 1. The molecule has 1 heterocycles. The highest BCUT2D eigenvalue weighted by Crippen LogP contribution is 2.19. The van der Waals surface area contributed by atoms with E-state index in [1.165, 1.54) is 32.1 Å². The summed E-state index contributed by atoms with van der Waals surface area (Å²) < 4.78 is 0. The van der Waals surface area contributed by atoms with Crippen LogP contribution in [0.2, 0.25) is 0 Å². The number of hydrogen-bond donors (Lipinski definition) is 2. The smallest absolute Gasteiger partial charge is 0.134 e. The van der Waals surface area contributed by atoms with Gasteiger partial charge in [0.1, 0.15) is 17.5 Å². The Bertz CT molecular complexity index is 376. The second kappa shape index (κ2) is 7.19. The molecule has 0 aliphatic carbocycles. The highest BCUT2D eigenvalue weighted by molar-refractivity contribution is 5.55. The molecule has 1 aromatic heterocycles. The van der Waals surface area contributed by atoms with Gasteiger partial charge in [-0.15, -0.1) is 0 Å². The van der Waals surface area contributed by atoms with Crippen LogP contribution in [0.25, 0.3) is 0 Å². The highest BCUT2D eigenvalue weighted by atomic mass is 15.1. The number of nitrogens with one attached hydrogen (secondary N) is 1. The number of hydrogen-bond acceptors (Lipinski definition) is 4. The van der Waals surface area contributed by atoms with E-state index in [9.17, 15) is 0 Å². The van der Waals surface area contributed by atoms with Crippen molar-refractivity contribution < 1.29 is 0 Å². The summed E-state index contributed by atoms with van der Waals surface area (Å²) in [6.07, 6.45) is 6.35. The molecule has 0 bridgehead atoms. The number of aryl methyl sites for hydroxylation is 1. The normalized spacial score (nSPS) is 12.4. The molecule has 0 radical (unpaired) electrons. The molecule has 1 atom stereocenters. The molecule has 1 unspecified atom stereocenters. The SMILES string of the molecule is CCCCCCC(C)Nc1nc(C)nc(N)c1C. The maximum absolute atomic E-state index is 5.85. The summed E-state index contributed by atoms with van der Waals surface area (Å²) in [6, 6.07) is 0.425. The number of nitrogens with two attached hydrogens (primary N) is 1. The Morgan fingerprint density at radius 3 is 2.56 bits per heavy atom. The van der Waals surface area contributed by atoms with Gasteiger partial charge < -0.3 is 11.1 Å². The molecule has 18 heavy (non-hydrogen) atoms. The number of nitrogens with zero attached hydrogens (tertiary/aromatic N) is 2. The predicted octanol–water partition coefficient (Wildman–Crippen LogP) is 3.45. The Kier molecular flexibility index (Phi) is 5.89. The summed E-state index contributed by atoms with van der Waals surface area (Å²) in [5.41, 5.74) is 6.79. The van der Waals surface area contributed by atoms with Gasteiger partial charge in [-0.3, -0.25) is 0 Å². The Balaban J connectivity index is 2.51. The van der Waals surface area contributed by atoms with Gasteiger partial charge in [0.25, 0.3) is 0 Å². The third kappa shape index (κ3) is 4.51. The molecule has 1 aromatic rings. The van der Waals surface area contributed by atoms with Crippen LogP contribution in [-0.4, -0.2) is 16.0 Å². The first-order valence-electron chi connectivity index (χ1n) is 6.91. The van der Waals surface area contributed by atoms with Crippen LogP contribution in [0.4, 0.5) is 11.6 Å². The van der Waals surface area contributed by atoms with Crippen molar-refractivity contribution in [3.8, 4) is 0 Å². The summed E-state index contributed by atoms with van der Waals surface area (Å²) in [5.74, 6) is 2.17. The van der Waals surface area contributed by atoms with Gasteiger partial charge in [-0.1, -0.05) is 32.6 Å². The first-order valence-corrected chi connectivity index (χ1v) is 6.91. The lowest BCUT2D eigenvalue weighted by atomic mass is 10.1. The fourth-order valence-electron chi connectivity index (χ4n) is 1.97. The van der Waals surface area contributed by atoms with E-state index in [1.54, 1.807) is 0 Å². The molecule has 0 fully saturated rings. The van der Waals surface area contributed by atoms with Crippen molar-refractivity contribution in [3.05, 3.63) is 11.4 Å². The van der Waals surface area contributed by atoms with Gasteiger partial charge >= 0.3 is 0 Å².